The highest BCUT2D eigenvalue weighted by Crippen LogP contribution is 2.23. The third-order valence-electron chi connectivity index (χ3n) is 1.23. The van der Waals surface area contributed by atoms with E-state index in [1.165, 1.54) is 12.2 Å². The van der Waals surface area contributed by atoms with Gasteiger partial charge in [0, 0.05) is 17.0 Å². The van der Waals surface area contributed by atoms with Crippen molar-refractivity contribution in [3.05, 3.63) is 0 Å². The van der Waals surface area contributed by atoms with E-state index in [0.29, 0.717) is 6.04 Å². The summed E-state index contributed by atoms with van der Waals surface area (Å²) in [5.74, 6) is 1.17. The van der Waals surface area contributed by atoms with Gasteiger partial charge in [0.25, 0.3) is 0 Å². The Bertz CT molecular complexity index is 57.1. The molecule has 0 bridgehead atoms. The number of rotatable bonds is 0. The monoisotopic (exact) mass is 117 g/mol. The Labute approximate surface area is 48.7 Å². The second kappa shape index (κ2) is 2.05. The van der Waals surface area contributed by atoms with Gasteiger partial charge in [0.2, 0.25) is 0 Å². The minimum atomic E-state index is 0.486. The summed E-state index contributed by atoms with van der Waals surface area (Å²) in [5, 5.41) is 0.815. The Morgan fingerprint density at radius 1 is 1.71 bits per heavy atom. The fourth-order valence-corrected chi connectivity index (χ4v) is 1.95. The Kier molecular flexibility index (Phi) is 1.60. The van der Waals surface area contributed by atoms with E-state index in [0.717, 1.165) is 5.25 Å². The normalized spacial score (nSPS) is 42.0. The number of hydrogen-bond acceptors (Lipinski definition) is 2. The molecular formula is C5H11NS. The van der Waals surface area contributed by atoms with E-state index in [1.54, 1.807) is 0 Å². The highest BCUT2D eigenvalue weighted by Gasteiger charge is 2.16. The Balaban J connectivity index is 2.26. The van der Waals surface area contributed by atoms with Crippen LogP contribution < -0.4 is 5.73 Å². The standard InChI is InChI=1S/C5H11NS/c1-4-2-5(6)3-7-4/h4-5H,2-3,6H2,1H3/t4-,5-/m1/s1. The average Bonchev–Trinajstić information content (AvgIpc) is 1.87. The molecule has 1 rings (SSSR count). The molecule has 2 heteroatoms. The summed E-state index contributed by atoms with van der Waals surface area (Å²) in [4.78, 5) is 0. The van der Waals surface area contributed by atoms with Gasteiger partial charge >= 0.3 is 0 Å². The maximum atomic E-state index is 5.60. The van der Waals surface area contributed by atoms with Gasteiger partial charge < -0.3 is 5.73 Å². The first-order chi connectivity index (χ1) is 3.29. The van der Waals surface area contributed by atoms with E-state index in [1.807, 2.05) is 11.8 Å². The first-order valence-electron chi connectivity index (χ1n) is 2.66. The molecule has 0 aromatic carbocycles. The molecule has 1 saturated heterocycles. The lowest BCUT2D eigenvalue weighted by Crippen LogP contribution is -2.18. The fourth-order valence-electron chi connectivity index (χ4n) is 0.850. The average molecular weight is 117 g/mol. The number of nitrogens with two attached hydrogens (primary N) is 1. The summed E-state index contributed by atoms with van der Waals surface area (Å²) in [6, 6.07) is 0.486. The van der Waals surface area contributed by atoms with Gasteiger partial charge in [-0.2, -0.15) is 11.8 Å². The van der Waals surface area contributed by atoms with Crippen LogP contribution in [0.5, 0.6) is 0 Å². The van der Waals surface area contributed by atoms with E-state index in [9.17, 15) is 0 Å². The summed E-state index contributed by atoms with van der Waals surface area (Å²) in [5.41, 5.74) is 5.60. The smallest absolute Gasteiger partial charge is 0.0140 e. The minimum absolute atomic E-state index is 0.486. The molecule has 1 aliphatic heterocycles. The van der Waals surface area contributed by atoms with Gasteiger partial charge in [0.1, 0.15) is 0 Å². The predicted molar refractivity (Wildman–Crippen MR) is 34.5 cm³/mol. The van der Waals surface area contributed by atoms with Crippen molar-refractivity contribution in [2.45, 2.75) is 24.6 Å². The number of hydrogen-bond donors (Lipinski definition) is 1. The van der Waals surface area contributed by atoms with Crippen molar-refractivity contribution in [3.8, 4) is 0 Å². The SMILES string of the molecule is C[C@@H]1C[C@@H](N)CS1. The quantitative estimate of drug-likeness (QED) is 0.509. The van der Waals surface area contributed by atoms with E-state index in [2.05, 4.69) is 6.92 Å². The molecule has 2 atom stereocenters. The second-order valence-electron chi connectivity index (χ2n) is 2.14. The molecular weight excluding hydrogens is 106 g/mol. The topological polar surface area (TPSA) is 26.0 Å². The van der Waals surface area contributed by atoms with Crippen LogP contribution in [0.15, 0.2) is 0 Å². The molecule has 2 N–H and O–H groups in total. The van der Waals surface area contributed by atoms with E-state index >= 15 is 0 Å². The second-order valence-corrected chi connectivity index (χ2v) is 3.61. The van der Waals surface area contributed by atoms with Gasteiger partial charge in [-0.25, -0.2) is 0 Å². The van der Waals surface area contributed by atoms with Gasteiger partial charge in [-0.3, -0.25) is 0 Å². The maximum absolute atomic E-state index is 5.60. The predicted octanol–water partition coefficient (Wildman–Crippen LogP) is 0.839. The van der Waals surface area contributed by atoms with Crippen molar-refractivity contribution in [2.75, 3.05) is 5.75 Å². The van der Waals surface area contributed by atoms with Gasteiger partial charge in [-0.05, 0) is 6.42 Å². The highest BCUT2D eigenvalue weighted by molar-refractivity contribution is 8.00. The first kappa shape index (κ1) is 5.45. The molecule has 1 heterocycles. The zero-order valence-electron chi connectivity index (χ0n) is 4.55. The van der Waals surface area contributed by atoms with Crippen LogP contribution in [0, 0.1) is 0 Å². The van der Waals surface area contributed by atoms with E-state index in [-0.39, 0.29) is 0 Å². The van der Waals surface area contributed by atoms with Crippen LogP contribution in [-0.2, 0) is 0 Å². The van der Waals surface area contributed by atoms with E-state index in [4.69, 9.17) is 5.73 Å². The van der Waals surface area contributed by atoms with Gasteiger partial charge in [0.15, 0.2) is 0 Å². The summed E-state index contributed by atoms with van der Waals surface area (Å²) < 4.78 is 0. The molecule has 7 heavy (non-hydrogen) atoms. The van der Waals surface area contributed by atoms with Crippen LogP contribution >= 0.6 is 11.8 Å². The van der Waals surface area contributed by atoms with Crippen LogP contribution in [0.4, 0.5) is 0 Å². The number of thioether (sulfide) groups is 1. The molecule has 0 amide bonds. The Hall–Kier alpha value is 0.310. The van der Waals surface area contributed by atoms with Crippen molar-refractivity contribution in [1.82, 2.24) is 0 Å². The molecule has 1 fully saturated rings. The Morgan fingerprint density at radius 2 is 2.43 bits per heavy atom. The zero-order valence-corrected chi connectivity index (χ0v) is 5.37. The third-order valence-corrected chi connectivity index (χ3v) is 2.61. The molecule has 0 aliphatic carbocycles. The van der Waals surface area contributed by atoms with E-state index < -0.39 is 0 Å². The molecule has 0 saturated carbocycles. The Morgan fingerprint density at radius 3 is 2.57 bits per heavy atom. The summed E-state index contributed by atoms with van der Waals surface area (Å²) in [7, 11) is 0. The lowest BCUT2D eigenvalue weighted by molar-refractivity contribution is 0.705. The van der Waals surface area contributed by atoms with Crippen LogP contribution in [0.3, 0.4) is 0 Å². The van der Waals surface area contributed by atoms with Crippen molar-refractivity contribution in [3.63, 3.8) is 0 Å². The van der Waals surface area contributed by atoms with Crippen LogP contribution in [-0.4, -0.2) is 17.0 Å². The molecule has 0 aromatic rings. The lowest BCUT2D eigenvalue weighted by Gasteiger charge is -1.95. The van der Waals surface area contributed by atoms with Crippen molar-refractivity contribution in [1.29, 1.82) is 0 Å². The third kappa shape index (κ3) is 1.35. The van der Waals surface area contributed by atoms with Gasteiger partial charge in [0.05, 0.1) is 0 Å². The van der Waals surface area contributed by atoms with Crippen molar-refractivity contribution < 1.29 is 0 Å². The molecule has 0 spiro atoms. The molecule has 0 aromatic heterocycles. The van der Waals surface area contributed by atoms with Crippen molar-refractivity contribution >= 4 is 11.8 Å². The van der Waals surface area contributed by atoms with Crippen molar-refractivity contribution in [2.24, 2.45) is 5.73 Å². The van der Waals surface area contributed by atoms with Gasteiger partial charge in [-0.1, -0.05) is 6.92 Å². The molecule has 1 aliphatic rings. The van der Waals surface area contributed by atoms with Gasteiger partial charge in [-0.15, -0.1) is 0 Å². The molecule has 1 nitrogen and oxygen atoms in total. The summed E-state index contributed by atoms with van der Waals surface area (Å²) >= 11 is 1.98. The minimum Gasteiger partial charge on any atom is -0.327 e. The molecule has 42 valence electrons. The largest absolute Gasteiger partial charge is 0.327 e. The maximum Gasteiger partial charge on any atom is 0.0140 e. The summed E-state index contributed by atoms with van der Waals surface area (Å²) in [6.45, 7) is 2.23. The fraction of sp³-hybridized carbons (Fsp3) is 1.00. The molecule has 0 unspecified atom stereocenters. The highest BCUT2D eigenvalue weighted by atomic mass is 32.2. The van der Waals surface area contributed by atoms with Crippen LogP contribution in [0.1, 0.15) is 13.3 Å². The van der Waals surface area contributed by atoms with Crippen LogP contribution in [0.25, 0.3) is 0 Å². The lowest BCUT2D eigenvalue weighted by atomic mass is 10.2. The first-order valence-corrected chi connectivity index (χ1v) is 3.71. The molecule has 0 radical (unpaired) electrons. The zero-order chi connectivity index (χ0) is 5.28. The van der Waals surface area contributed by atoms with Crippen LogP contribution in [0.2, 0.25) is 0 Å². The summed E-state index contributed by atoms with van der Waals surface area (Å²) in [6.07, 6.45) is 1.21.